The average molecular weight is 555 g/mol. The Morgan fingerprint density at radius 1 is 1.15 bits per heavy atom. The van der Waals surface area contributed by atoms with Crippen LogP contribution in [0.1, 0.15) is 37.4 Å². The third kappa shape index (κ3) is 5.67. The van der Waals surface area contributed by atoms with E-state index >= 15 is 0 Å². The Kier molecular flexibility index (Phi) is 7.45. The number of aromatic nitrogens is 3. The third-order valence-corrected chi connectivity index (χ3v) is 8.13. The van der Waals surface area contributed by atoms with Crippen LogP contribution in [-0.2, 0) is 4.79 Å². The fourth-order valence-electron chi connectivity index (χ4n) is 5.88. The Morgan fingerprint density at radius 2 is 1.95 bits per heavy atom. The van der Waals surface area contributed by atoms with E-state index in [-0.39, 0.29) is 17.8 Å². The van der Waals surface area contributed by atoms with Gasteiger partial charge in [0.25, 0.3) is 0 Å². The van der Waals surface area contributed by atoms with Gasteiger partial charge in [-0.25, -0.2) is 14.4 Å². The molecule has 4 aromatic rings. The first kappa shape index (κ1) is 27.0. The van der Waals surface area contributed by atoms with Crippen LogP contribution in [0.25, 0.3) is 22.2 Å². The second-order valence-electron chi connectivity index (χ2n) is 11.0. The normalized spacial score (nSPS) is 17.6. The number of anilines is 1. The zero-order valence-corrected chi connectivity index (χ0v) is 23.5. The molecule has 8 nitrogen and oxygen atoms in total. The summed E-state index contributed by atoms with van der Waals surface area (Å²) in [6.07, 6.45) is 9.55. The van der Waals surface area contributed by atoms with Crippen LogP contribution in [0.3, 0.4) is 0 Å². The molecule has 0 spiro atoms. The number of piperidine rings is 1. The number of nitrogens with two attached hydrogens (primary N) is 1. The Morgan fingerprint density at radius 3 is 2.71 bits per heavy atom. The van der Waals surface area contributed by atoms with Crippen LogP contribution in [0.5, 0.6) is 11.5 Å². The number of halogens is 1. The van der Waals surface area contributed by atoms with E-state index in [2.05, 4.69) is 33.4 Å². The molecule has 0 bridgehead atoms. The zero-order chi connectivity index (χ0) is 28.5. The lowest BCUT2D eigenvalue weighted by Crippen LogP contribution is -2.40. The van der Waals surface area contributed by atoms with Crippen molar-refractivity contribution in [2.24, 2.45) is 0 Å². The number of carbonyl (C=O) groups is 1. The second-order valence-corrected chi connectivity index (χ2v) is 11.0. The van der Waals surface area contributed by atoms with Crippen molar-refractivity contribution in [3.05, 3.63) is 78.5 Å². The van der Waals surface area contributed by atoms with Crippen molar-refractivity contribution in [3.8, 4) is 22.6 Å². The van der Waals surface area contributed by atoms with Gasteiger partial charge >= 0.3 is 0 Å². The second kappa shape index (κ2) is 11.3. The summed E-state index contributed by atoms with van der Waals surface area (Å²) in [6.45, 7) is 4.21. The summed E-state index contributed by atoms with van der Waals surface area (Å²) >= 11 is 0. The zero-order valence-electron chi connectivity index (χ0n) is 23.5. The minimum absolute atomic E-state index is 0.0521. The molecule has 9 heteroatoms. The van der Waals surface area contributed by atoms with Crippen LogP contribution < -0.4 is 10.5 Å². The molecule has 2 aliphatic rings. The van der Waals surface area contributed by atoms with Crippen LogP contribution in [0.2, 0.25) is 0 Å². The summed E-state index contributed by atoms with van der Waals surface area (Å²) in [5.41, 5.74) is 10.1. The van der Waals surface area contributed by atoms with Gasteiger partial charge in [-0.15, -0.1) is 0 Å². The fourth-order valence-corrected chi connectivity index (χ4v) is 5.88. The number of likely N-dealkylation sites (N-methyl/N-ethyl adjacent to an activating group) is 1. The molecule has 1 saturated heterocycles. The standard InChI is InChI=1S/C32H35FN6O2/c1-21-29(22-10-14-26(15-11-22)41-27-8-3-6-23(33)18-27)30-31(34)35-20-36-32(30)39(21)25-7-4-17-38(19-25)28(40)9-5-16-37(2)24-12-13-24/h3,5-6,8-11,14-15,18,20,24-25H,4,7,12-13,16-17,19H2,1-2H3,(H2,34,35,36)/b9-5+. The van der Waals surface area contributed by atoms with Gasteiger partial charge in [-0.3, -0.25) is 9.69 Å². The summed E-state index contributed by atoms with van der Waals surface area (Å²) in [5.74, 6) is 1.15. The molecule has 1 saturated carbocycles. The van der Waals surface area contributed by atoms with E-state index < -0.39 is 0 Å². The SMILES string of the molecule is Cc1c(-c2ccc(Oc3cccc(F)c3)cc2)c2c(N)ncnc2n1C1CCCN(C(=O)/C=C/CN(C)C2CC2)C1. The van der Waals surface area contributed by atoms with Gasteiger partial charge in [-0.05, 0) is 69.5 Å². The van der Waals surface area contributed by atoms with E-state index in [0.29, 0.717) is 29.9 Å². The highest BCUT2D eigenvalue weighted by Gasteiger charge is 2.29. The van der Waals surface area contributed by atoms with Gasteiger partial charge in [-0.1, -0.05) is 24.3 Å². The van der Waals surface area contributed by atoms with Crippen molar-refractivity contribution < 1.29 is 13.9 Å². The predicted molar refractivity (Wildman–Crippen MR) is 158 cm³/mol. The lowest BCUT2D eigenvalue weighted by atomic mass is 10.0. The molecule has 2 aromatic carbocycles. The molecular formula is C32H35FN6O2. The van der Waals surface area contributed by atoms with E-state index in [0.717, 1.165) is 53.8 Å². The maximum atomic E-state index is 13.6. The van der Waals surface area contributed by atoms with E-state index in [1.165, 1.54) is 31.3 Å². The van der Waals surface area contributed by atoms with Crippen molar-refractivity contribution in [3.63, 3.8) is 0 Å². The van der Waals surface area contributed by atoms with E-state index in [9.17, 15) is 9.18 Å². The molecule has 1 amide bonds. The van der Waals surface area contributed by atoms with Crippen molar-refractivity contribution in [2.45, 2.75) is 44.7 Å². The number of nitrogens with zero attached hydrogens (tertiary/aromatic N) is 5. The number of benzene rings is 2. The first-order chi connectivity index (χ1) is 19.9. The van der Waals surface area contributed by atoms with Gasteiger partial charge in [0, 0.05) is 49.1 Å². The molecule has 1 unspecified atom stereocenters. The first-order valence-corrected chi connectivity index (χ1v) is 14.2. The molecule has 0 radical (unpaired) electrons. The average Bonchev–Trinajstić information content (AvgIpc) is 3.77. The molecule has 1 aliphatic heterocycles. The molecule has 6 rings (SSSR count). The number of rotatable bonds is 8. The quantitative estimate of drug-likeness (QED) is 0.280. The Hall–Kier alpha value is -4.24. The predicted octanol–water partition coefficient (Wildman–Crippen LogP) is 5.73. The summed E-state index contributed by atoms with van der Waals surface area (Å²) in [5, 5.41) is 0.801. The van der Waals surface area contributed by atoms with E-state index in [1.54, 1.807) is 18.2 Å². The maximum Gasteiger partial charge on any atom is 0.246 e. The van der Waals surface area contributed by atoms with Gasteiger partial charge < -0.3 is 19.9 Å². The van der Waals surface area contributed by atoms with Gasteiger partial charge in [0.2, 0.25) is 5.91 Å². The molecular weight excluding hydrogens is 519 g/mol. The van der Waals surface area contributed by atoms with Gasteiger partial charge in [0.05, 0.1) is 11.4 Å². The fraction of sp³-hybridized carbons (Fsp3) is 0.344. The number of carbonyl (C=O) groups excluding carboxylic acids is 1. The molecule has 41 heavy (non-hydrogen) atoms. The van der Waals surface area contributed by atoms with Crippen molar-refractivity contribution in [1.82, 2.24) is 24.3 Å². The first-order valence-electron chi connectivity index (χ1n) is 14.2. The number of fused-ring (bicyclic) bond motifs is 1. The molecule has 2 N–H and O–H groups in total. The van der Waals surface area contributed by atoms with Crippen LogP contribution in [0.15, 0.2) is 67.0 Å². The van der Waals surface area contributed by atoms with Crippen LogP contribution >= 0.6 is 0 Å². The summed E-state index contributed by atoms with van der Waals surface area (Å²) in [4.78, 5) is 26.3. The molecule has 2 aromatic heterocycles. The number of hydrogen-bond acceptors (Lipinski definition) is 6. The molecule has 3 heterocycles. The highest BCUT2D eigenvalue weighted by Crippen LogP contribution is 2.40. The largest absolute Gasteiger partial charge is 0.457 e. The number of hydrogen-bond donors (Lipinski definition) is 1. The lowest BCUT2D eigenvalue weighted by Gasteiger charge is -2.34. The van der Waals surface area contributed by atoms with Gasteiger partial charge in [-0.2, -0.15) is 0 Å². The summed E-state index contributed by atoms with van der Waals surface area (Å²) < 4.78 is 21.7. The van der Waals surface area contributed by atoms with Gasteiger partial charge in [0.1, 0.15) is 35.1 Å². The summed E-state index contributed by atoms with van der Waals surface area (Å²) in [6, 6.07) is 14.4. The van der Waals surface area contributed by atoms with Crippen LogP contribution in [-0.4, -0.2) is 63.0 Å². The maximum absolute atomic E-state index is 13.6. The number of likely N-dealkylation sites (tertiary alicyclic amines) is 1. The van der Waals surface area contributed by atoms with Crippen molar-refractivity contribution in [2.75, 3.05) is 32.4 Å². The molecule has 212 valence electrons. The Labute approximate surface area is 239 Å². The Bertz CT molecular complexity index is 1590. The number of ether oxygens (including phenoxy) is 1. The highest BCUT2D eigenvalue weighted by molar-refractivity contribution is 6.02. The minimum atomic E-state index is -0.349. The third-order valence-electron chi connectivity index (χ3n) is 8.13. The van der Waals surface area contributed by atoms with Crippen LogP contribution in [0, 0.1) is 12.7 Å². The van der Waals surface area contributed by atoms with Gasteiger partial charge in [0.15, 0.2) is 0 Å². The molecule has 1 atom stereocenters. The molecule has 2 fully saturated rings. The number of nitrogen functional groups attached to an aromatic ring is 1. The van der Waals surface area contributed by atoms with Crippen molar-refractivity contribution >= 4 is 22.8 Å². The lowest BCUT2D eigenvalue weighted by molar-refractivity contribution is -0.127. The minimum Gasteiger partial charge on any atom is -0.457 e. The topological polar surface area (TPSA) is 89.5 Å². The Balaban J connectivity index is 1.26. The van der Waals surface area contributed by atoms with E-state index in [4.69, 9.17) is 10.5 Å². The van der Waals surface area contributed by atoms with Crippen LogP contribution in [0.4, 0.5) is 10.2 Å². The molecule has 1 aliphatic carbocycles. The smallest absolute Gasteiger partial charge is 0.246 e. The number of amides is 1. The van der Waals surface area contributed by atoms with E-state index in [1.807, 2.05) is 35.2 Å². The van der Waals surface area contributed by atoms with Crippen molar-refractivity contribution in [1.29, 1.82) is 0 Å². The highest BCUT2D eigenvalue weighted by atomic mass is 19.1. The summed E-state index contributed by atoms with van der Waals surface area (Å²) in [7, 11) is 2.11. The monoisotopic (exact) mass is 554 g/mol.